The zero-order valence-electron chi connectivity index (χ0n) is 9.66. The maximum Gasteiger partial charge on any atom is 2.00 e. The second-order valence-corrected chi connectivity index (χ2v) is 10.2. The summed E-state index contributed by atoms with van der Waals surface area (Å²) >= 11 is 9.51. The molecule has 0 aliphatic heterocycles. The predicted molar refractivity (Wildman–Crippen MR) is 65.8 cm³/mol. The van der Waals surface area contributed by atoms with Crippen molar-refractivity contribution >= 4 is 29.7 Å². The summed E-state index contributed by atoms with van der Waals surface area (Å²) in [5.74, 6) is 1.12. The van der Waals surface area contributed by atoms with E-state index in [1.54, 1.807) is 0 Å². The van der Waals surface area contributed by atoms with Crippen molar-refractivity contribution in [3.8, 4) is 0 Å². The Labute approximate surface area is 119 Å². The SMILES string of the molecule is CC1CCC2C(C)(C)C2(OP([O-])(=S)[S-])C1.[Cu+2]. The fourth-order valence-corrected chi connectivity index (χ4v) is 5.05. The van der Waals surface area contributed by atoms with Crippen LogP contribution in [0.15, 0.2) is 0 Å². The van der Waals surface area contributed by atoms with Crippen molar-refractivity contribution in [1.82, 2.24) is 0 Å². The van der Waals surface area contributed by atoms with Gasteiger partial charge in [-0.2, -0.15) is 0 Å². The van der Waals surface area contributed by atoms with Crippen LogP contribution in [0.3, 0.4) is 0 Å². The van der Waals surface area contributed by atoms with Crippen LogP contribution in [0.25, 0.3) is 0 Å². The molecule has 2 nitrogen and oxygen atoms in total. The van der Waals surface area contributed by atoms with Crippen molar-refractivity contribution in [3.05, 3.63) is 0 Å². The molecular weight excluding hydrogens is 311 g/mol. The van der Waals surface area contributed by atoms with Crippen LogP contribution in [0, 0.1) is 17.3 Å². The van der Waals surface area contributed by atoms with Gasteiger partial charge < -0.3 is 21.7 Å². The zero-order valence-corrected chi connectivity index (χ0v) is 13.1. The molecule has 16 heavy (non-hydrogen) atoms. The van der Waals surface area contributed by atoms with Gasteiger partial charge in [0.1, 0.15) is 0 Å². The Hall–Kier alpha value is 1.44. The molecule has 0 N–H and O–H groups in total. The third-order valence-corrected chi connectivity index (χ3v) is 5.31. The van der Waals surface area contributed by atoms with Crippen molar-refractivity contribution in [2.75, 3.05) is 0 Å². The Morgan fingerprint density at radius 1 is 1.44 bits per heavy atom. The average molecular weight is 328 g/mol. The third-order valence-electron chi connectivity index (χ3n) is 4.32. The van der Waals surface area contributed by atoms with Gasteiger partial charge in [-0.3, -0.25) is 0 Å². The van der Waals surface area contributed by atoms with Gasteiger partial charge in [-0.15, -0.1) is 17.5 Å². The summed E-state index contributed by atoms with van der Waals surface area (Å²) in [6, 6.07) is 0. The Balaban J connectivity index is 0.00000128. The second kappa shape index (κ2) is 4.52. The molecule has 0 saturated heterocycles. The van der Waals surface area contributed by atoms with Crippen LogP contribution >= 0.6 is 5.69 Å². The molecule has 0 amide bonds. The number of fused-ring (bicyclic) bond motifs is 1. The molecular formula is C10H17CuO2PS2. The van der Waals surface area contributed by atoms with Crippen LogP contribution in [0.5, 0.6) is 0 Å². The molecule has 2 saturated carbocycles. The molecule has 0 aromatic heterocycles. The van der Waals surface area contributed by atoms with Gasteiger partial charge in [-0.05, 0) is 30.1 Å². The normalized spacial score (nSPS) is 43.8. The van der Waals surface area contributed by atoms with Gasteiger partial charge >= 0.3 is 17.1 Å². The van der Waals surface area contributed by atoms with Crippen molar-refractivity contribution in [2.24, 2.45) is 17.3 Å². The Bertz CT molecular complexity index is 331. The minimum Gasteiger partial charge on any atom is -0.819 e. The molecule has 2 fully saturated rings. The van der Waals surface area contributed by atoms with Gasteiger partial charge in [-0.25, -0.2) is 0 Å². The Morgan fingerprint density at radius 2 is 2.00 bits per heavy atom. The molecule has 4 atom stereocenters. The van der Waals surface area contributed by atoms with Gasteiger partial charge in [0, 0.05) is 0 Å². The standard InChI is InChI=1S/C10H19O2PS2.Cu/c1-7-4-5-8-9(2,3)10(8,6-7)12-13(11,14)15;/h7-8H,4-6H2,1-3H3,(H2,11,14,15);/q;+2/p-2. The van der Waals surface area contributed by atoms with E-state index >= 15 is 0 Å². The summed E-state index contributed by atoms with van der Waals surface area (Å²) in [5.41, 5.74) is -3.37. The molecule has 0 aromatic rings. The fourth-order valence-electron chi connectivity index (χ4n) is 3.41. The van der Waals surface area contributed by atoms with Crippen molar-refractivity contribution in [2.45, 2.75) is 45.6 Å². The van der Waals surface area contributed by atoms with E-state index in [1.165, 1.54) is 6.42 Å². The molecule has 97 valence electrons. The van der Waals surface area contributed by atoms with E-state index < -0.39 is 5.69 Å². The maximum absolute atomic E-state index is 11.5. The first-order valence-electron chi connectivity index (χ1n) is 5.42. The van der Waals surface area contributed by atoms with Gasteiger partial charge in [0.25, 0.3) is 0 Å². The molecule has 0 bridgehead atoms. The van der Waals surface area contributed by atoms with Crippen molar-refractivity contribution in [3.63, 3.8) is 0 Å². The second-order valence-electron chi connectivity index (χ2n) is 5.59. The number of hydrogen-bond acceptors (Lipinski definition) is 4. The van der Waals surface area contributed by atoms with E-state index in [2.05, 4.69) is 20.8 Å². The van der Waals surface area contributed by atoms with Crippen molar-refractivity contribution in [1.29, 1.82) is 0 Å². The molecule has 6 heteroatoms. The van der Waals surface area contributed by atoms with Gasteiger partial charge in [0.05, 0.1) is 5.60 Å². The quantitative estimate of drug-likeness (QED) is 0.443. The minimum absolute atomic E-state index is 0. The zero-order chi connectivity index (χ0) is 11.5. The minimum atomic E-state index is -3.20. The van der Waals surface area contributed by atoms with Gasteiger partial charge in [0.2, 0.25) is 0 Å². The summed E-state index contributed by atoms with van der Waals surface area (Å²) in [7, 11) is 0. The summed E-state index contributed by atoms with van der Waals surface area (Å²) in [5, 5.41) is 0. The van der Waals surface area contributed by atoms with Crippen LogP contribution in [0.1, 0.15) is 40.0 Å². The van der Waals surface area contributed by atoms with Crippen LogP contribution in [0.4, 0.5) is 0 Å². The van der Waals surface area contributed by atoms with E-state index in [-0.39, 0.29) is 28.1 Å². The van der Waals surface area contributed by atoms with Crippen LogP contribution < -0.4 is 4.89 Å². The molecule has 4 unspecified atom stereocenters. The van der Waals surface area contributed by atoms with Crippen LogP contribution in [-0.4, -0.2) is 5.60 Å². The first-order chi connectivity index (χ1) is 6.69. The van der Waals surface area contributed by atoms with E-state index in [4.69, 9.17) is 28.6 Å². The van der Waals surface area contributed by atoms with E-state index in [0.29, 0.717) is 11.8 Å². The van der Waals surface area contributed by atoms with E-state index in [9.17, 15) is 4.89 Å². The smallest absolute Gasteiger partial charge is 0.819 e. The number of hydrogen-bond donors (Lipinski definition) is 0. The Kier molecular flexibility index (Phi) is 4.38. The van der Waals surface area contributed by atoms with Gasteiger partial charge in [-0.1, -0.05) is 27.2 Å². The number of rotatable bonds is 2. The van der Waals surface area contributed by atoms with Gasteiger partial charge in [0.15, 0.2) is 0 Å². The van der Waals surface area contributed by atoms with E-state index in [1.807, 2.05) is 0 Å². The summed E-state index contributed by atoms with van der Waals surface area (Å²) < 4.78 is 5.61. The third kappa shape index (κ3) is 2.42. The summed E-state index contributed by atoms with van der Waals surface area (Å²) in [6.45, 7) is 6.57. The first kappa shape index (κ1) is 15.5. The molecule has 2 aliphatic carbocycles. The average Bonchev–Trinajstić information content (AvgIpc) is 2.42. The molecule has 1 radical (unpaired) electrons. The largest absolute Gasteiger partial charge is 2.00 e. The molecule has 0 heterocycles. The molecule has 0 spiro atoms. The topological polar surface area (TPSA) is 32.3 Å². The molecule has 2 aliphatic rings. The maximum atomic E-state index is 11.5. The summed E-state index contributed by atoms with van der Waals surface area (Å²) in [6.07, 6.45) is 3.35. The van der Waals surface area contributed by atoms with Crippen LogP contribution in [0.2, 0.25) is 0 Å². The Morgan fingerprint density at radius 3 is 2.50 bits per heavy atom. The fraction of sp³-hybridized carbons (Fsp3) is 1.00. The van der Waals surface area contributed by atoms with Crippen molar-refractivity contribution < 1.29 is 26.5 Å². The first-order valence-corrected chi connectivity index (χ1v) is 9.07. The molecule has 2 rings (SSSR count). The molecule has 0 aromatic carbocycles. The summed E-state index contributed by atoms with van der Waals surface area (Å²) in [4.78, 5) is 11.5. The van der Waals surface area contributed by atoms with E-state index in [0.717, 1.165) is 12.8 Å². The predicted octanol–water partition coefficient (Wildman–Crippen LogP) is 2.35. The van der Waals surface area contributed by atoms with Crippen LogP contribution in [-0.2, 0) is 45.6 Å². The monoisotopic (exact) mass is 327 g/mol.